The molecule has 3 N–H and O–H groups in total. The molecule has 0 atom stereocenters. The van der Waals surface area contributed by atoms with Crippen LogP contribution in [0.2, 0.25) is 0 Å². The van der Waals surface area contributed by atoms with E-state index in [0.717, 1.165) is 28.7 Å². The Morgan fingerprint density at radius 3 is 2.59 bits per heavy atom. The molecule has 0 aliphatic heterocycles. The maximum Gasteiger partial charge on any atom is 0.122 e. The monoisotopic (exact) mass is 297 g/mol. The zero-order valence-corrected chi connectivity index (χ0v) is 12.2. The van der Waals surface area contributed by atoms with Crippen LogP contribution in [-0.4, -0.2) is 19.4 Å². The molecule has 0 radical (unpaired) electrons. The fourth-order valence-electron chi connectivity index (χ4n) is 1.56. The van der Waals surface area contributed by atoms with Crippen LogP contribution in [0.5, 0.6) is 0 Å². The Labute approximate surface area is 112 Å². The summed E-state index contributed by atoms with van der Waals surface area (Å²) >= 11 is 3.53. The third-order valence-electron chi connectivity index (χ3n) is 2.71. The Morgan fingerprint density at radius 1 is 1.47 bits per heavy atom. The van der Waals surface area contributed by atoms with Gasteiger partial charge in [-0.05, 0) is 46.5 Å². The number of nitrogens with zero attached hydrogens (tertiary/aromatic N) is 1. The minimum atomic E-state index is 0.0992. The van der Waals surface area contributed by atoms with E-state index in [2.05, 4.69) is 41.7 Å². The van der Waals surface area contributed by atoms with Gasteiger partial charge in [-0.25, -0.2) is 0 Å². The normalized spacial score (nSPS) is 10.6. The van der Waals surface area contributed by atoms with Crippen LogP contribution in [0.15, 0.2) is 22.7 Å². The van der Waals surface area contributed by atoms with Gasteiger partial charge in [0.05, 0.1) is 5.69 Å². The number of nitrogen functional groups attached to an aromatic ring is 1. The first-order valence-electron chi connectivity index (χ1n) is 5.77. The molecule has 0 saturated heterocycles. The first-order chi connectivity index (χ1) is 7.91. The highest BCUT2D eigenvalue weighted by Gasteiger charge is 2.08. The number of rotatable bonds is 5. The summed E-state index contributed by atoms with van der Waals surface area (Å²) in [5, 5.41) is 7.39. The summed E-state index contributed by atoms with van der Waals surface area (Å²) in [7, 11) is 2.08. The molecule has 0 aliphatic carbocycles. The lowest BCUT2D eigenvalue weighted by atomic mass is 10.1. The number of anilines is 1. The third-order valence-corrected chi connectivity index (χ3v) is 3.35. The maximum atomic E-state index is 7.39. The zero-order chi connectivity index (χ0) is 13.0. The summed E-state index contributed by atoms with van der Waals surface area (Å²) in [6, 6.07) is 5.78. The van der Waals surface area contributed by atoms with Gasteiger partial charge in [0.2, 0.25) is 0 Å². The van der Waals surface area contributed by atoms with Crippen molar-refractivity contribution in [1.82, 2.24) is 0 Å². The SMILES string of the molecule is CC(C)CCN(C)c1ccc(C(=N)N)cc1Br. The fourth-order valence-corrected chi connectivity index (χ4v) is 2.24. The number of benzene rings is 1. The van der Waals surface area contributed by atoms with Crippen LogP contribution in [0.4, 0.5) is 5.69 Å². The van der Waals surface area contributed by atoms with Crippen molar-refractivity contribution < 1.29 is 0 Å². The molecule has 0 heterocycles. The Bertz CT molecular complexity index is 402. The van der Waals surface area contributed by atoms with E-state index in [1.165, 1.54) is 0 Å². The smallest absolute Gasteiger partial charge is 0.122 e. The average Bonchev–Trinajstić information content (AvgIpc) is 2.25. The van der Waals surface area contributed by atoms with E-state index in [1.54, 1.807) is 0 Å². The Hall–Kier alpha value is -1.03. The van der Waals surface area contributed by atoms with Crippen LogP contribution in [0, 0.1) is 11.3 Å². The van der Waals surface area contributed by atoms with Crippen LogP contribution in [0.1, 0.15) is 25.8 Å². The van der Waals surface area contributed by atoms with Crippen molar-refractivity contribution in [3.8, 4) is 0 Å². The molecule has 1 aromatic carbocycles. The van der Waals surface area contributed by atoms with Crippen LogP contribution in [-0.2, 0) is 0 Å². The van der Waals surface area contributed by atoms with E-state index in [-0.39, 0.29) is 5.84 Å². The van der Waals surface area contributed by atoms with Gasteiger partial charge in [-0.15, -0.1) is 0 Å². The van der Waals surface area contributed by atoms with Crippen molar-refractivity contribution in [2.45, 2.75) is 20.3 Å². The summed E-state index contributed by atoms with van der Waals surface area (Å²) in [6.45, 7) is 5.47. The number of amidine groups is 1. The van der Waals surface area contributed by atoms with Crippen molar-refractivity contribution in [3.63, 3.8) is 0 Å². The lowest BCUT2D eigenvalue weighted by molar-refractivity contribution is 0.585. The highest BCUT2D eigenvalue weighted by Crippen LogP contribution is 2.26. The quantitative estimate of drug-likeness (QED) is 0.648. The predicted octanol–water partition coefficient (Wildman–Crippen LogP) is 3.22. The second kappa shape index (κ2) is 6.05. The minimum absolute atomic E-state index is 0.0992. The van der Waals surface area contributed by atoms with E-state index in [9.17, 15) is 0 Å². The van der Waals surface area contributed by atoms with E-state index in [4.69, 9.17) is 11.1 Å². The largest absolute Gasteiger partial charge is 0.384 e. The molecule has 0 aromatic heterocycles. The van der Waals surface area contributed by atoms with E-state index >= 15 is 0 Å². The van der Waals surface area contributed by atoms with Gasteiger partial charge in [-0.3, -0.25) is 5.41 Å². The van der Waals surface area contributed by atoms with Crippen molar-refractivity contribution >= 4 is 27.5 Å². The topological polar surface area (TPSA) is 53.1 Å². The molecule has 0 amide bonds. The summed E-state index contributed by atoms with van der Waals surface area (Å²) in [6.07, 6.45) is 1.16. The molecule has 4 heteroatoms. The van der Waals surface area contributed by atoms with E-state index < -0.39 is 0 Å². The van der Waals surface area contributed by atoms with Gasteiger partial charge in [0.1, 0.15) is 5.84 Å². The predicted molar refractivity (Wildman–Crippen MR) is 77.9 cm³/mol. The molecule has 1 rings (SSSR count). The molecule has 1 aromatic rings. The standard InChI is InChI=1S/C13H20BrN3/c1-9(2)6-7-17(3)12-5-4-10(13(15)16)8-11(12)14/h4-5,8-9H,6-7H2,1-3H3,(H3,15,16). The van der Waals surface area contributed by atoms with E-state index in [0.29, 0.717) is 5.92 Å². The van der Waals surface area contributed by atoms with Gasteiger partial charge in [0.25, 0.3) is 0 Å². The molecule has 0 saturated carbocycles. The van der Waals surface area contributed by atoms with Gasteiger partial charge in [0.15, 0.2) is 0 Å². The Kier molecular flexibility index (Phi) is 5.00. The molecule has 0 spiro atoms. The maximum absolute atomic E-state index is 7.39. The summed E-state index contributed by atoms with van der Waals surface area (Å²) in [4.78, 5) is 2.22. The van der Waals surface area contributed by atoms with Crippen LogP contribution >= 0.6 is 15.9 Å². The molecule has 0 fully saturated rings. The van der Waals surface area contributed by atoms with Crippen molar-refractivity contribution in [2.75, 3.05) is 18.5 Å². The van der Waals surface area contributed by atoms with Crippen molar-refractivity contribution in [2.24, 2.45) is 11.7 Å². The highest BCUT2D eigenvalue weighted by molar-refractivity contribution is 9.10. The van der Waals surface area contributed by atoms with Crippen LogP contribution < -0.4 is 10.6 Å². The summed E-state index contributed by atoms with van der Waals surface area (Å²) in [5.74, 6) is 0.801. The molecular formula is C13H20BrN3. The average molecular weight is 298 g/mol. The van der Waals surface area contributed by atoms with Crippen LogP contribution in [0.3, 0.4) is 0 Å². The molecule has 94 valence electrons. The Morgan fingerprint density at radius 2 is 2.12 bits per heavy atom. The second-order valence-electron chi connectivity index (χ2n) is 4.68. The molecule has 0 unspecified atom stereocenters. The molecule has 3 nitrogen and oxygen atoms in total. The number of nitrogens with two attached hydrogens (primary N) is 1. The first kappa shape index (κ1) is 14.0. The second-order valence-corrected chi connectivity index (χ2v) is 5.54. The van der Waals surface area contributed by atoms with Gasteiger partial charge in [-0.1, -0.05) is 13.8 Å². The van der Waals surface area contributed by atoms with Gasteiger partial charge in [-0.2, -0.15) is 0 Å². The van der Waals surface area contributed by atoms with Gasteiger partial charge < -0.3 is 10.6 Å². The molecular weight excluding hydrogens is 278 g/mol. The van der Waals surface area contributed by atoms with Crippen molar-refractivity contribution in [1.29, 1.82) is 5.41 Å². The first-order valence-corrected chi connectivity index (χ1v) is 6.56. The molecule has 0 bridgehead atoms. The van der Waals surface area contributed by atoms with E-state index in [1.807, 2.05) is 18.2 Å². The number of hydrogen-bond acceptors (Lipinski definition) is 2. The summed E-state index contributed by atoms with van der Waals surface area (Å²) in [5.41, 5.74) is 7.34. The lowest BCUT2D eigenvalue weighted by Gasteiger charge is -2.22. The van der Waals surface area contributed by atoms with Crippen molar-refractivity contribution in [3.05, 3.63) is 28.2 Å². The highest BCUT2D eigenvalue weighted by atomic mass is 79.9. The Balaban J connectivity index is 2.81. The zero-order valence-electron chi connectivity index (χ0n) is 10.6. The number of nitrogens with one attached hydrogen (secondary N) is 1. The third kappa shape index (κ3) is 4.04. The number of hydrogen-bond donors (Lipinski definition) is 2. The minimum Gasteiger partial charge on any atom is -0.384 e. The summed E-state index contributed by atoms with van der Waals surface area (Å²) < 4.78 is 0.983. The molecule has 0 aliphatic rings. The van der Waals surface area contributed by atoms with Gasteiger partial charge in [0, 0.05) is 23.6 Å². The van der Waals surface area contributed by atoms with Gasteiger partial charge >= 0.3 is 0 Å². The number of halogens is 1. The lowest BCUT2D eigenvalue weighted by Crippen LogP contribution is -2.20. The molecule has 17 heavy (non-hydrogen) atoms. The van der Waals surface area contributed by atoms with Crippen LogP contribution in [0.25, 0.3) is 0 Å². The fraction of sp³-hybridized carbons (Fsp3) is 0.462.